The Morgan fingerprint density at radius 1 is 1.13 bits per heavy atom. The number of benzene rings is 1. The molecule has 0 fully saturated rings. The summed E-state index contributed by atoms with van der Waals surface area (Å²) in [6.07, 6.45) is 3.29. The maximum atomic E-state index is 5.54. The number of nitrogens with one attached hydrogen (secondary N) is 2. The number of hydrogen-bond donors (Lipinski definition) is 2. The Bertz CT molecular complexity index is 450. The lowest BCUT2D eigenvalue weighted by atomic mass is 10.2. The minimum atomic E-state index is 0.681. The summed E-state index contributed by atoms with van der Waals surface area (Å²) in [7, 11) is 1.78. The molecule has 0 amide bonds. The SMILES string of the molecule is CCCCOCCCNC(=NC)NCc1cccc(OCC)c1. The molecule has 0 radical (unpaired) electrons. The zero-order valence-electron chi connectivity index (χ0n) is 14.7. The van der Waals surface area contributed by atoms with Crippen LogP contribution in [0.4, 0.5) is 0 Å². The molecule has 1 aromatic carbocycles. The van der Waals surface area contributed by atoms with Crippen LogP contribution in [-0.4, -0.2) is 39.4 Å². The third-order valence-corrected chi connectivity index (χ3v) is 3.29. The standard InChI is InChI=1S/C18H31N3O2/c1-4-6-12-22-13-8-11-20-18(19-3)21-15-16-9-7-10-17(14-16)23-5-2/h7,9-10,14H,4-6,8,11-13,15H2,1-3H3,(H2,19,20,21). The maximum Gasteiger partial charge on any atom is 0.191 e. The molecule has 0 heterocycles. The average molecular weight is 321 g/mol. The van der Waals surface area contributed by atoms with E-state index in [-0.39, 0.29) is 0 Å². The van der Waals surface area contributed by atoms with Gasteiger partial charge < -0.3 is 20.1 Å². The van der Waals surface area contributed by atoms with Crippen molar-refractivity contribution in [2.45, 2.75) is 39.7 Å². The number of unbranched alkanes of at least 4 members (excludes halogenated alkanes) is 1. The molecule has 0 spiro atoms. The normalized spacial score (nSPS) is 11.3. The first kappa shape index (κ1) is 19.3. The van der Waals surface area contributed by atoms with E-state index in [0.717, 1.165) is 44.3 Å². The number of rotatable bonds is 11. The molecule has 0 aromatic heterocycles. The van der Waals surface area contributed by atoms with Crippen molar-refractivity contribution in [1.29, 1.82) is 0 Å². The topological polar surface area (TPSA) is 54.9 Å². The lowest BCUT2D eigenvalue weighted by molar-refractivity contribution is 0.129. The molecule has 0 atom stereocenters. The predicted molar refractivity (Wildman–Crippen MR) is 96.2 cm³/mol. The number of guanidine groups is 1. The van der Waals surface area contributed by atoms with E-state index in [1.807, 2.05) is 25.1 Å². The molecule has 0 unspecified atom stereocenters. The van der Waals surface area contributed by atoms with Crippen LogP contribution < -0.4 is 15.4 Å². The van der Waals surface area contributed by atoms with E-state index in [1.54, 1.807) is 7.05 Å². The molecule has 0 aliphatic heterocycles. The fourth-order valence-electron chi connectivity index (χ4n) is 2.05. The molecule has 2 N–H and O–H groups in total. The van der Waals surface area contributed by atoms with Gasteiger partial charge in [0.2, 0.25) is 0 Å². The summed E-state index contributed by atoms with van der Waals surface area (Å²) in [6.45, 7) is 8.06. The molecule has 1 rings (SSSR count). The highest BCUT2D eigenvalue weighted by atomic mass is 16.5. The number of aliphatic imine (C=N–C) groups is 1. The molecule has 130 valence electrons. The predicted octanol–water partition coefficient (Wildman–Crippen LogP) is 2.96. The first-order valence-corrected chi connectivity index (χ1v) is 8.54. The quantitative estimate of drug-likeness (QED) is 0.374. The Morgan fingerprint density at radius 2 is 1.96 bits per heavy atom. The van der Waals surface area contributed by atoms with Gasteiger partial charge in [0.05, 0.1) is 6.61 Å². The summed E-state index contributed by atoms with van der Waals surface area (Å²) in [5.74, 6) is 1.71. The Hall–Kier alpha value is -1.75. The zero-order valence-corrected chi connectivity index (χ0v) is 14.7. The van der Waals surface area contributed by atoms with Crippen molar-refractivity contribution in [1.82, 2.24) is 10.6 Å². The first-order chi connectivity index (χ1) is 11.3. The second kappa shape index (κ2) is 12.8. The van der Waals surface area contributed by atoms with Gasteiger partial charge in [0, 0.05) is 33.4 Å². The van der Waals surface area contributed by atoms with Crippen molar-refractivity contribution >= 4 is 5.96 Å². The van der Waals surface area contributed by atoms with Gasteiger partial charge in [-0.2, -0.15) is 0 Å². The Balaban J connectivity index is 2.22. The van der Waals surface area contributed by atoms with Crippen LogP contribution in [0.1, 0.15) is 38.7 Å². The van der Waals surface area contributed by atoms with Gasteiger partial charge in [0.25, 0.3) is 0 Å². The van der Waals surface area contributed by atoms with E-state index in [4.69, 9.17) is 9.47 Å². The molecular weight excluding hydrogens is 290 g/mol. The third-order valence-electron chi connectivity index (χ3n) is 3.29. The van der Waals surface area contributed by atoms with Gasteiger partial charge in [-0.1, -0.05) is 25.5 Å². The monoisotopic (exact) mass is 321 g/mol. The van der Waals surface area contributed by atoms with Gasteiger partial charge in [-0.15, -0.1) is 0 Å². The van der Waals surface area contributed by atoms with E-state index < -0.39 is 0 Å². The minimum absolute atomic E-state index is 0.681. The van der Waals surface area contributed by atoms with Crippen molar-refractivity contribution in [2.75, 3.05) is 33.4 Å². The summed E-state index contributed by atoms with van der Waals surface area (Å²) < 4.78 is 11.1. The van der Waals surface area contributed by atoms with E-state index in [9.17, 15) is 0 Å². The molecule has 1 aromatic rings. The van der Waals surface area contributed by atoms with Crippen molar-refractivity contribution in [3.8, 4) is 5.75 Å². The highest BCUT2D eigenvalue weighted by molar-refractivity contribution is 5.79. The number of ether oxygens (including phenoxy) is 2. The van der Waals surface area contributed by atoms with Crippen LogP contribution in [0.5, 0.6) is 5.75 Å². The van der Waals surface area contributed by atoms with Crippen LogP contribution in [0.3, 0.4) is 0 Å². The number of nitrogens with zero attached hydrogens (tertiary/aromatic N) is 1. The summed E-state index contributed by atoms with van der Waals surface area (Å²) in [6, 6.07) is 8.10. The average Bonchev–Trinajstić information content (AvgIpc) is 2.57. The fraction of sp³-hybridized carbons (Fsp3) is 0.611. The molecule has 0 aliphatic carbocycles. The van der Waals surface area contributed by atoms with Gasteiger partial charge in [-0.3, -0.25) is 4.99 Å². The van der Waals surface area contributed by atoms with Crippen molar-refractivity contribution in [3.63, 3.8) is 0 Å². The fourth-order valence-corrected chi connectivity index (χ4v) is 2.05. The highest BCUT2D eigenvalue weighted by Gasteiger charge is 2.00. The highest BCUT2D eigenvalue weighted by Crippen LogP contribution is 2.12. The van der Waals surface area contributed by atoms with Crippen LogP contribution in [0, 0.1) is 0 Å². The molecule has 5 nitrogen and oxygen atoms in total. The molecule has 23 heavy (non-hydrogen) atoms. The van der Waals surface area contributed by atoms with Crippen LogP contribution in [-0.2, 0) is 11.3 Å². The number of hydrogen-bond acceptors (Lipinski definition) is 3. The van der Waals surface area contributed by atoms with Gasteiger partial charge in [-0.25, -0.2) is 0 Å². The van der Waals surface area contributed by atoms with E-state index >= 15 is 0 Å². The minimum Gasteiger partial charge on any atom is -0.494 e. The molecule has 0 saturated heterocycles. The maximum absolute atomic E-state index is 5.54. The van der Waals surface area contributed by atoms with Crippen LogP contribution in [0.2, 0.25) is 0 Å². The van der Waals surface area contributed by atoms with Crippen molar-refractivity contribution < 1.29 is 9.47 Å². The van der Waals surface area contributed by atoms with E-state index in [1.165, 1.54) is 12.0 Å². The zero-order chi connectivity index (χ0) is 16.8. The summed E-state index contributed by atoms with van der Waals surface area (Å²) >= 11 is 0. The lowest BCUT2D eigenvalue weighted by Crippen LogP contribution is -2.37. The molecule has 0 aliphatic rings. The Labute approximate surface area is 140 Å². The summed E-state index contributed by atoms with van der Waals surface area (Å²) in [4.78, 5) is 4.23. The second-order valence-electron chi connectivity index (χ2n) is 5.25. The summed E-state index contributed by atoms with van der Waals surface area (Å²) in [5, 5.41) is 6.61. The Kier molecular flexibility index (Phi) is 10.7. The first-order valence-electron chi connectivity index (χ1n) is 8.54. The molecule has 0 saturated carbocycles. The Morgan fingerprint density at radius 3 is 2.70 bits per heavy atom. The van der Waals surface area contributed by atoms with Gasteiger partial charge in [0.15, 0.2) is 5.96 Å². The second-order valence-corrected chi connectivity index (χ2v) is 5.25. The van der Waals surface area contributed by atoms with Gasteiger partial charge in [-0.05, 0) is 37.5 Å². The summed E-state index contributed by atoms with van der Waals surface area (Å²) in [5.41, 5.74) is 1.17. The molecule has 0 bridgehead atoms. The van der Waals surface area contributed by atoms with Crippen LogP contribution in [0.25, 0.3) is 0 Å². The van der Waals surface area contributed by atoms with Crippen LogP contribution >= 0.6 is 0 Å². The van der Waals surface area contributed by atoms with Crippen molar-refractivity contribution in [2.24, 2.45) is 4.99 Å². The van der Waals surface area contributed by atoms with E-state index in [2.05, 4.69) is 28.6 Å². The van der Waals surface area contributed by atoms with E-state index in [0.29, 0.717) is 13.2 Å². The third kappa shape index (κ3) is 9.08. The van der Waals surface area contributed by atoms with Crippen LogP contribution in [0.15, 0.2) is 29.3 Å². The lowest BCUT2D eigenvalue weighted by Gasteiger charge is -2.12. The molecule has 5 heteroatoms. The molecular formula is C18H31N3O2. The smallest absolute Gasteiger partial charge is 0.191 e. The van der Waals surface area contributed by atoms with Gasteiger partial charge >= 0.3 is 0 Å². The largest absolute Gasteiger partial charge is 0.494 e. The van der Waals surface area contributed by atoms with Gasteiger partial charge in [0.1, 0.15) is 5.75 Å². The van der Waals surface area contributed by atoms with Crippen molar-refractivity contribution in [3.05, 3.63) is 29.8 Å².